The molecule has 0 aromatic carbocycles. The normalized spacial score (nSPS) is 15.4. The Labute approximate surface area is 127 Å². The molecule has 116 valence electrons. The van der Waals surface area contributed by atoms with Crippen LogP contribution in [0.2, 0.25) is 0 Å². The fraction of sp³-hybridized carbons (Fsp3) is 0.882. The minimum absolute atomic E-state index is 0. The van der Waals surface area contributed by atoms with Gasteiger partial charge >= 0.3 is 0 Å². The van der Waals surface area contributed by atoms with E-state index in [2.05, 4.69) is 27.4 Å². The second-order valence-corrected chi connectivity index (χ2v) is 6.16. The number of hydrogen-bond donors (Lipinski definition) is 1. The molecule has 2 N–H and O–H groups in total. The molecular formula is C17H36ClN. The average Bonchev–Trinajstić information content (AvgIpc) is 2.32. The molecule has 0 saturated carbocycles. The van der Waals surface area contributed by atoms with Crippen molar-refractivity contribution >= 4 is 12.4 Å². The van der Waals surface area contributed by atoms with Gasteiger partial charge in [-0.3, -0.25) is 0 Å². The number of rotatable bonds is 12. The van der Waals surface area contributed by atoms with Gasteiger partial charge in [-0.15, -0.1) is 19.0 Å². The number of hydrogen-bond acceptors (Lipinski definition) is 1. The molecular weight excluding hydrogens is 254 g/mol. The van der Waals surface area contributed by atoms with Crippen LogP contribution in [0.3, 0.4) is 0 Å². The summed E-state index contributed by atoms with van der Waals surface area (Å²) in [6.07, 6.45) is 15.3. The molecule has 0 bridgehead atoms. The number of halogens is 1. The van der Waals surface area contributed by atoms with Crippen molar-refractivity contribution in [2.45, 2.75) is 90.5 Å². The van der Waals surface area contributed by atoms with E-state index in [-0.39, 0.29) is 17.9 Å². The zero-order chi connectivity index (χ0) is 13.9. The molecule has 0 aliphatic heterocycles. The van der Waals surface area contributed by atoms with Crippen LogP contribution in [0.15, 0.2) is 12.7 Å². The lowest BCUT2D eigenvalue weighted by atomic mass is 9.82. The minimum Gasteiger partial charge on any atom is -0.325 e. The summed E-state index contributed by atoms with van der Waals surface area (Å²) in [5.41, 5.74) is 6.23. The Hall–Kier alpha value is -0.0100. The molecule has 0 aromatic rings. The summed E-state index contributed by atoms with van der Waals surface area (Å²) in [7, 11) is 0. The van der Waals surface area contributed by atoms with Crippen LogP contribution in [0.1, 0.15) is 85.0 Å². The largest absolute Gasteiger partial charge is 0.325 e. The monoisotopic (exact) mass is 289 g/mol. The van der Waals surface area contributed by atoms with Gasteiger partial charge in [0.05, 0.1) is 0 Å². The first kappa shape index (κ1) is 21.3. The third kappa shape index (κ3) is 11.5. The maximum Gasteiger partial charge on any atom is 0.0186 e. The summed E-state index contributed by atoms with van der Waals surface area (Å²) in [5.74, 6) is 0.593. The van der Waals surface area contributed by atoms with E-state index in [4.69, 9.17) is 5.73 Å². The van der Waals surface area contributed by atoms with E-state index in [1.54, 1.807) is 0 Å². The predicted octanol–water partition coefficient (Wildman–Crippen LogP) is 5.87. The van der Waals surface area contributed by atoms with Gasteiger partial charge < -0.3 is 5.73 Å². The van der Waals surface area contributed by atoms with Crippen molar-refractivity contribution in [2.24, 2.45) is 11.7 Å². The van der Waals surface area contributed by atoms with Gasteiger partial charge in [-0.2, -0.15) is 0 Å². The van der Waals surface area contributed by atoms with Crippen molar-refractivity contribution in [2.75, 3.05) is 0 Å². The van der Waals surface area contributed by atoms with Gasteiger partial charge in [0.2, 0.25) is 0 Å². The van der Waals surface area contributed by atoms with E-state index in [1.165, 1.54) is 57.8 Å². The Morgan fingerprint density at radius 2 is 1.53 bits per heavy atom. The molecule has 19 heavy (non-hydrogen) atoms. The van der Waals surface area contributed by atoms with Crippen molar-refractivity contribution < 1.29 is 0 Å². The summed E-state index contributed by atoms with van der Waals surface area (Å²) >= 11 is 0. The maximum atomic E-state index is 6.30. The summed E-state index contributed by atoms with van der Waals surface area (Å²) in [5, 5.41) is 0. The van der Waals surface area contributed by atoms with Crippen LogP contribution in [0.25, 0.3) is 0 Å². The second kappa shape index (κ2) is 13.0. The van der Waals surface area contributed by atoms with Gasteiger partial charge in [0.25, 0.3) is 0 Å². The molecule has 0 aliphatic carbocycles. The van der Waals surface area contributed by atoms with E-state index in [0.29, 0.717) is 5.92 Å². The van der Waals surface area contributed by atoms with Crippen molar-refractivity contribution in [3.8, 4) is 0 Å². The SMILES string of the molecule is C=CCC(C)(N)C(C)CCCCCCCCCC.Cl. The molecule has 2 unspecified atom stereocenters. The van der Waals surface area contributed by atoms with Crippen molar-refractivity contribution in [3.63, 3.8) is 0 Å². The number of unbranched alkanes of at least 4 members (excludes halogenated alkanes) is 7. The van der Waals surface area contributed by atoms with Gasteiger partial charge in [0.1, 0.15) is 0 Å². The molecule has 0 rings (SSSR count). The molecule has 0 amide bonds. The highest BCUT2D eigenvalue weighted by molar-refractivity contribution is 5.85. The molecule has 2 atom stereocenters. The fourth-order valence-electron chi connectivity index (χ4n) is 2.43. The Kier molecular flexibility index (Phi) is 14.6. The van der Waals surface area contributed by atoms with E-state index >= 15 is 0 Å². The highest BCUT2D eigenvalue weighted by Crippen LogP contribution is 2.24. The van der Waals surface area contributed by atoms with Crippen LogP contribution in [0.5, 0.6) is 0 Å². The summed E-state index contributed by atoms with van der Waals surface area (Å²) in [6.45, 7) is 10.5. The first-order chi connectivity index (χ1) is 8.54. The fourth-order valence-corrected chi connectivity index (χ4v) is 2.43. The molecule has 0 radical (unpaired) electrons. The lowest BCUT2D eigenvalue weighted by Crippen LogP contribution is -2.42. The minimum atomic E-state index is -0.0666. The highest BCUT2D eigenvalue weighted by Gasteiger charge is 2.24. The summed E-state index contributed by atoms with van der Waals surface area (Å²) < 4.78 is 0. The topological polar surface area (TPSA) is 26.0 Å². The van der Waals surface area contributed by atoms with Gasteiger partial charge in [-0.1, -0.05) is 71.3 Å². The van der Waals surface area contributed by atoms with Crippen LogP contribution < -0.4 is 5.73 Å². The van der Waals surface area contributed by atoms with Gasteiger partial charge in [-0.05, 0) is 25.7 Å². The Bertz CT molecular complexity index is 201. The number of nitrogens with two attached hydrogens (primary N) is 1. The average molecular weight is 290 g/mol. The van der Waals surface area contributed by atoms with E-state index in [0.717, 1.165) is 6.42 Å². The first-order valence-electron chi connectivity index (χ1n) is 7.94. The van der Waals surface area contributed by atoms with E-state index < -0.39 is 0 Å². The lowest BCUT2D eigenvalue weighted by Gasteiger charge is -2.30. The van der Waals surface area contributed by atoms with Crippen LogP contribution in [0, 0.1) is 5.92 Å². The molecule has 0 aromatic heterocycles. The van der Waals surface area contributed by atoms with Crippen LogP contribution >= 0.6 is 12.4 Å². The standard InChI is InChI=1S/C17H35N.ClH/c1-5-7-8-9-10-11-12-13-14-16(3)17(4,18)15-6-2;/h6,16H,2,5,7-15,18H2,1,3-4H3;1H. The smallest absolute Gasteiger partial charge is 0.0186 e. The molecule has 0 aliphatic rings. The Morgan fingerprint density at radius 1 is 1.05 bits per heavy atom. The first-order valence-corrected chi connectivity index (χ1v) is 7.94. The third-order valence-electron chi connectivity index (χ3n) is 4.20. The van der Waals surface area contributed by atoms with Gasteiger partial charge in [0, 0.05) is 5.54 Å². The van der Waals surface area contributed by atoms with E-state index in [1.807, 2.05) is 6.08 Å². The zero-order valence-electron chi connectivity index (χ0n) is 13.4. The van der Waals surface area contributed by atoms with Crippen LogP contribution in [0.4, 0.5) is 0 Å². The predicted molar refractivity (Wildman–Crippen MR) is 91.0 cm³/mol. The molecule has 1 nitrogen and oxygen atoms in total. The molecule has 0 fully saturated rings. The van der Waals surface area contributed by atoms with Crippen LogP contribution in [-0.4, -0.2) is 5.54 Å². The van der Waals surface area contributed by atoms with Gasteiger partial charge in [0.15, 0.2) is 0 Å². The Morgan fingerprint density at radius 3 is 2.00 bits per heavy atom. The zero-order valence-corrected chi connectivity index (χ0v) is 14.2. The van der Waals surface area contributed by atoms with Crippen molar-refractivity contribution in [1.29, 1.82) is 0 Å². The Balaban J connectivity index is 0. The molecule has 0 saturated heterocycles. The summed E-state index contributed by atoms with van der Waals surface area (Å²) in [6, 6.07) is 0. The van der Waals surface area contributed by atoms with Crippen molar-refractivity contribution in [3.05, 3.63) is 12.7 Å². The third-order valence-corrected chi connectivity index (χ3v) is 4.20. The van der Waals surface area contributed by atoms with Crippen molar-refractivity contribution in [1.82, 2.24) is 0 Å². The highest BCUT2D eigenvalue weighted by atomic mass is 35.5. The molecule has 0 spiro atoms. The molecule has 0 heterocycles. The van der Waals surface area contributed by atoms with E-state index in [9.17, 15) is 0 Å². The summed E-state index contributed by atoms with van der Waals surface area (Å²) in [4.78, 5) is 0. The lowest BCUT2D eigenvalue weighted by molar-refractivity contribution is 0.293. The quantitative estimate of drug-likeness (QED) is 0.353. The molecule has 2 heteroatoms. The maximum absolute atomic E-state index is 6.30. The van der Waals surface area contributed by atoms with Gasteiger partial charge in [-0.25, -0.2) is 0 Å². The van der Waals surface area contributed by atoms with Crippen LogP contribution in [-0.2, 0) is 0 Å². The second-order valence-electron chi connectivity index (χ2n) is 6.16.